The van der Waals surface area contributed by atoms with E-state index in [2.05, 4.69) is 4.99 Å². The largest absolute Gasteiger partial charge is 0.493 e. The average molecular weight is 493 g/mol. The summed E-state index contributed by atoms with van der Waals surface area (Å²) in [5.41, 5.74) is 0.698. The number of ether oxygens (including phenoxy) is 3. The fourth-order valence-corrected chi connectivity index (χ4v) is 4.99. The number of halogens is 1. The molecule has 0 aliphatic heterocycles. The van der Waals surface area contributed by atoms with E-state index in [1.54, 1.807) is 54.6 Å². The summed E-state index contributed by atoms with van der Waals surface area (Å²) in [6.45, 7) is 1.92. The van der Waals surface area contributed by atoms with Crippen LogP contribution in [0.15, 0.2) is 46.3 Å². The first-order chi connectivity index (χ1) is 15.9. The van der Waals surface area contributed by atoms with Gasteiger partial charge in [0.2, 0.25) is 5.91 Å². The fourth-order valence-electron chi connectivity index (χ4n) is 3.08. The molecular weight excluding hydrogens is 467 g/mol. The van der Waals surface area contributed by atoms with Crippen LogP contribution in [0.25, 0.3) is 10.2 Å². The number of carbonyl (C=O) groups excluding carboxylic acids is 2. The summed E-state index contributed by atoms with van der Waals surface area (Å²) in [5, 5.41) is 0. The minimum absolute atomic E-state index is 0.0736. The lowest BCUT2D eigenvalue weighted by atomic mass is 10.3. The molecule has 7 nitrogen and oxygen atoms in total. The van der Waals surface area contributed by atoms with Gasteiger partial charge in [-0.15, -0.1) is 11.8 Å². The third kappa shape index (κ3) is 6.58. The second-order valence-electron chi connectivity index (χ2n) is 6.86. The van der Waals surface area contributed by atoms with Gasteiger partial charge < -0.3 is 18.8 Å². The summed E-state index contributed by atoms with van der Waals surface area (Å²) >= 11 is 2.84. The molecule has 1 aromatic heterocycles. The van der Waals surface area contributed by atoms with Gasteiger partial charge in [0.15, 0.2) is 16.3 Å². The summed E-state index contributed by atoms with van der Waals surface area (Å²) in [7, 11) is 3.08. The van der Waals surface area contributed by atoms with Crippen molar-refractivity contribution in [2.75, 3.05) is 26.6 Å². The number of amides is 1. The van der Waals surface area contributed by atoms with E-state index >= 15 is 0 Å². The number of hydrogen-bond donors (Lipinski definition) is 0. The van der Waals surface area contributed by atoms with Crippen LogP contribution in [0.1, 0.15) is 19.8 Å². The van der Waals surface area contributed by atoms with Crippen LogP contribution in [0.2, 0.25) is 0 Å². The number of nitrogens with zero attached hydrogens (tertiary/aromatic N) is 2. The van der Waals surface area contributed by atoms with Gasteiger partial charge in [0, 0.05) is 23.4 Å². The van der Waals surface area contributed by atoms with E-state index in [-0.39, 0.29) is 31.3 Å². The highest BCUT2D eigenvalue weighted by Gasteiger charge is 2.16. The number of benzene rings is 2. The standard InChI is InChI=1S/C23H25FN2O5S2/c1-4-31-22(28)14-26-17-12-18(29-2)19(30-3)13-20(17)33-23(26)25-21(27)6-5-11-32-16-9-7-15(24)8-10-16/h7-10,12-13H,4-6,11,14H2,1-3H3. The van der Waals surface area contributed by atoms with Gasteiger partial charge in [-0.2, -0.15) is 4.99 Å². The molecule has 0 saturated heterocycles. The van der Waals surface area contributed by atoms with Crippen LogP contribution < -0.4 is 14.3 Å². The number of esters is 1. The number of hydrogen-bond acceptors (Lipinski definition) is 7. The van der Waals surface area contributed by atoms with Crippen LogP contribution in [-0.2, 0) is 20.9 Å². The molecule has 0 saturated carbocycles. The van der Waals surface area contributed by atoms with E-state index < -0.39 is 5.97 Å². The topological polar surface area (TPSA) is 79.1 Å². The molecule has 0 atom stereocenters. The predicted molar refractivity (Wildman–Crippen MR) is 126 cm³/mol. The monoisotopic (exact) mass is 492 g/mol. The zero-order valence-corrected chi connectivity index (χ0v) is 20.3. The molecule has 0 aliphatic rings. The van der Waals surface area contributed by atoms with Gasteiger partial charge in [-0.05, 0) is 43.4 Å². The SMILES string of the molecule is CCOC(=O)Cn1c(=NC(=O)CCCSc2ccc(F)cc2)sc2cc(OC)c(OC)cc21. The van der Waals surface area contributed by atoms with Crippen molar-refractivity contribution in [3.8, 4) is 11.5 Å². The Labute approximate surface area is 199 Å². The van der Waals surface area contributed by atoms with Gasteiger partial charge in [0.1, 0.15) is 12.4 Å². The highest BCUT2D eigenvalue weighted by Crippen LogP contribution is 2.33. The number of aromatic nitrogens is 1. The van der Waals surface area contributed by atoms with Crippen LogP contribution in [0.4, 0.5) is 4.39 Å². The van der Waals surface area contributed by atoms with Gasteiger partial charge in [-0.3, -0.25) is 9.59 Å². The summed E-state index contributed by atoms with van der Waals surface area (Å²) in [6.07, 6.45) is 0.878. The average Bonchev–Trinajstić information content (AvgIpc) is 3.12. The lowest BCUT2D eigenvalue weighted by molar-refractivity contribution is -0.143. The van der Waals surface area contributed by atoms with E-state index in [4.69, 9.17) is 14.2 Å². The Morgan fingerprint density at radius 1 is 1.12 bits per heavy atom. The lowest BCUT2D eigenvalue weighted by Crippen LogP contribution is -2.23. The molecule has 0 aliphatic carbocycles. The molecule has 3 rings (SSSR count). The molecule has 0 bridgehead atoms. The molecule has 0 N–H and O–H groups in total. The zero-order valence-electron chi connectivity index (χ0n) is 18.6. The van der Waals surface area contributed by atoms with Crippen LogP contribution in [0, 0.1) is 5.82 Å². The van der Waals surface area contributed by atoms with Crippen molar-refractivity contribution in [1.82, 2.24) is 4.57 Å². The van der Waals surface area contributed by atoms with E-state index in [0.717, 1.165) is 9.60 Å². The smallest absolute Gasteiger partial charge is 0.326 e. The molecule has 0 unspecified atom stereocenters. The minimum Gasteiger partial charge on any atom is -0.493 e. The fraction of sp³-hybridized carbons (Fsp3) is 0.348. The van der Waals surface area contributed by atoms with Crippen molar-refractivity contribution >= 4 is 45.2 Å². The van der Waals surface area contributed by atoms with Crippen LogP contribution in [0.5, 0.6) is 11.5 Å². The summed E-state index contributed by atoms with van der Waals surface area (Å²) < 4.78 is 31.3. The zero-order chi connectivity index (χ0) is 23.8. The lowest BCUT2D eigenvalue weighted by Gasteiger charge is -2.09. The Hall–Kier alpha value is -2.85. The van der Waals surface area contributed by atoms with Crippen molar-refractivity contribution in [3.05, 3.63) is 47.0 Å². The Morgan fingerprint density at radius 3 is 2.48 bits per heavy atom. The maximum atomic E-state index is 13.0. The highest BCUT2D eigenvalue weighted by atomic mass is 32.2. The van der Waals surface area contributed by atoms with Crippen LogP contribution in [0.3, 0.4) is 0 Å². The van der Waals surface area contributed by atoms with E-state index in [0.29, 0.717) is 34.0 Å². The number of thioether (sulfide) groups is 1. The number of rotatable bonds is 10. The van der Waals surface area contributed by atoms with Crippen LogP contribution >= 0.6 is 23.1 Å². The molecule has 176 valence electrons. The van der Waals surface area contributed by atoms with Crippen molar-refractivity contribution in [3.63, 3.8) is 0 Å². The molecule has 0 radical (unpaired) electrons. The third-order valence-electron chi connectivity index (χ3n) is 4.62. The molecule has 10 heteroatoms. The van der Waals surface area contributed by atoms with Crippen molar-refractivity contribution < 1.29 is 28.2 Å². The second-order valence-corrected chi connectivity index (χ2v) is 9.04. The summed E-state index contributed by atoms with van der Waals surface area (Å²) in [6, 6.07) is 9.80. The molecule has 33 heavy (non-hydrogen) atoms. The van der Waals surface area contributed by atoms with Gasteiger partial charge in [-0.1, -0.05) is 11.3 Å². The first-order valence-corrected chi connectivity index (χ1v) is 12.1. The van der Waals surface area contributed by atoms with E-state index in [9.17, 15) is 14.0 Å². The predicted octanol–water partition coefficient (Wildman–Crippen LogP) is 4.42. The van der Waals surface area contributed by atoms with E-state index in [1.807, 2.05) is 0 Å². The Kier molecular flexibility index (Phi) is 8.90. The number of thiazole rings is 1. The third-order valence-corrected chi connectivity index (χ3v) is 6.76. The first kappa shape index (κ1) is 24.8. The van der Waals surface area contributed by atoms with Gasteiger partial charge in [-0.25, -0.2) is 4.39 Å². The molecule has 0 fully saturated rings. The molecule has 1 heterocycles. The van der Waals surface area contributed by atoms with Gasteiger partial charge in [0.25, 0.3) is 0 Å². The molecule has 2 aromatic carbocycles. The Bertz CT molecular complexity index is 1190. The first-order valence-electron chi connectivity index (χ1n) is 10.3. The van der Waals surface area contributed by atoms with Crippen LogP contribution in [-0.4, -0.2) is 43.0 Å². The number of methoxy groups -OCH3 is 2. The van der Waals surface area contributed by atoms with Gasteiger partial charge in [0.05, 0.1) is 31.0 Å². The Balaban J connectivity index is 1.80. The summed E-state index contributed by atoms with van der Waals surface area (Å²) in [5.74, 6) is 0.787. The van der Waals surface area contributed by atoms with Gasteiger partial charge >= 0.3 is 5.97 Å². The molecular formula is C23H25FN2O5S2. The van der Waals surface area contributed by atoms with Crippen molar-refractivity contribution in [2.24, 2.45) is 4.99 Å². The van der Waals surface area contributed by atoms with E-state index in [1.165, 1.54) is 30.6 Å². The molecule has 3 aromatic rings. The van der Waals surface area contributed by atoms with Crippen molar-refractivity contribution in [2.45, 2.75) is 31.2 Å². The maximum Gasteiger partial charge on any atom is 0.326 e. The van der Waals surface area contributed by atoms with Crippen molar-refractivity contribution in [1.29, 1.82) is 0 Å². The number of fused-ring (bicyclic) bond motifs is 1. The maximum absolute atomic E-state index is 13.0. The normalized spacial score (nSPS) is 11.6. The quantitative estimate of drug-likeness (QED) is 0.237. The highest BCUT2D eigenvalue weighted by molar-refractivity contribution is 7.99. The Morgan fingerprint density at radius 2 is 1.82 bits per heavy atom. The summed E-state index contributed by atoms with van der Waals surface area (Å²) in [4.78, 5) is 30.4. The minimum atomic E-state index is -0.420. The molecule has 0 spiro atoms. The number of carbonyl (C=O) groups is 2. The molecule has 1 amide bonds. The second kappa shape index (κ2) is 11.9.